The lowest BCUT2D eigenvalue weighted by atomic mass is 9.95. The Labute approximate surface area is 127 Å². The summed E-state index contributed by atoms with van der Waals surface area (Å²) in [7, 11) is 0. The minimum Gasteiger partial charge on any atom is -0.381 e. The lowest BCUT2D eigenvalue weighted by Crippen LogP contribution is -2.49. The maximum absolute atomic E-state index is 12.3. The number of allylic oxidation sites excluding steroid dienone is 1. The first-order valence-corrected chi connectivity index (χ1v) is 8.62. The fraction of sp³-hybridized carbons (Fsp3) is 0.824. The zero-order valence-corrected chi connectivity index (χ0v) is 12.9. The maximum Gasteiger partial charge on any atom is 0.223 e. The molecule has 118 valence electrons. The molecule has 0 radical (unpaired) electrons. The molecule has 0 spiro atoms. The summed E-state index contributed by atoms with van der Waals surface area (Å²) < 4.78 is 5.33. The molecule has 2 aliphatic heterocycles. The first kappa shape index (κ1) is 15.0. The topological polar surface area (TPSA) is 41.6 Å². The quantitative estimate of drug-likeness (QED) is 0.810. The second-order valence-corrected chi connectivity index (χ2v) is 6.63. The van der Waals surface area contributed by atoms with Crippen LogP contribution in [0.25, 0.3) is 0 Å². The third kappa shape index (κ3) is 4.07. The molecule has 1 N–H and O–H groups in total. The number of amides is 1. The molecule has 2 heterocycles. The van der Waals surface area contributed by atoms with E-state index in [1.807, 2.05) is 0 Å². The molecule has 0 aromatic heterocycles. The molecule has 0 saturated carbocycles. The summed E-state index contributed by atoms with van der Waals surface area (Å²) in [5.74, 6) is 0.437. The number of nitrogens with one attached hydrogen (secondary N) is 1. The highest BCUT2D eigenvalue weighted by Gasteiger charge is 2.28. The number of rotatable bonds is 3. The summed E-state index contributed by atoms with van der Waals surface area (Å²) >= 11 is 0. The van der Waals surface area contributed by atoms with E-state index < -0.39 is 0 Å². The van der Waals surface area contributed by atoms with Crippen molar-refractivity contribution in [2.45, 2.75) is 57.0 Å². The number of ether oxygens (including phenoxy) is 1. The average Bonchev–Trinajstić information content (AvgIpc) is 2.57. The lowest BCUT2D eigenvalue weighted by molar-refractivity contribution is -0.128. The molecule has 2 fully saturated rings. The third-order valence-corrected chi connectivity index (χ3v) is 5.17. The second kappa shape index (κ2) is 7.41. The van der Waals surface area contributed by atoms with Crippen LogP contribution >= 0.6 is 0 Å². The molecule has 21 heavy (non-hydrogen) atoms. The predicted octanol–water partition coefficient (Wildman–Crippen LogP) is 2.10. The fourth-order valence-corrected chi connectivity index (χ4v) is 3.75. The molecule has 4 heteroatoms. The fourth-order valence-electron chi connectivity index (χ4n) is 3.75. The molecule has 4 nitrogen and oxygen atoms in total. The van der Waals surface area contributed by atoms with Crippen molar-refractivity contribution in [1.82, 2.24) is 10.2 Å². The van der Waals surface area contributed by atoms with Gasteiger partial charge in [-0.15, -0.1) is 0 Å². The monoisotopic (exact) mass is 292 g/mol. The van der Waals surface area contributed by atoms with Crippen molar-refractivity contribution in [1.29, 1.82) is 0 Å². The number of hydrogen-bond acceptors (Lipinski definition) is 3. The SMILES string of the molecule is O=C(NC1CCN(C2C=CCCC2)CC1)C1CCOCC1. The summed E-state index contributed by atoms with van der Waals surface area (Å²) in [5.41, 5.74) is 0. The Morgan fingerprint density at radius 1 is 1.10 bits per heavy atom. The van der Waals surface area contributed by atoms with Crippen LogP contribution in [-0.4, -0.2) is 49.2 Å². The van der Waals surface area contributed by atoms with E-state index in [4.69, 9.17) is 4.74 Å². The molecule has 1 atom stereocenters. The van der Waals surface area contributed by atoms with E-state index in [0.29, 0.717) is 12.1 Å². The van der Waals surface area contributed by atoms with Gasteiger partial charge in [0.25, 0.3) is 0 Å². The normalized spacial score (nSPS) is 29.4. The van der Waals surface area contributed by atoms with Gasteiger partial charge in [0.1, 0.15) is 0 Å². The number of carbonyl (C=O) groups is 1. The van der Waals surface area contributed by atoms with E-state index in [-0.39, 0.29) is 11.8 Å². The minimum absolute atomic E-state index is 0.179. The highest BCUT2D eigenvalue weighted by molar-refractivity contribution is 5.79. The summed E-state index contributed by atoms with van der Waals surface area (Å²) in [6, 6.07) is 1.02. The molecule has 2 saturated heterocycles. The van der Waals surface area contributed by atoms with Crippen LogP contribution in [0.15, 0.2) is 12.2 Å². The largest absolute Gasteiger partial charge is 0.381 e. The molecular formula is C17H28N2O2. The van der Waals surface area contributed by atoms with Crippen molar-refractivity contribution in [3.05, 3.63) is 12.2 Å². The molecule has 3 rings (SSSR count). The van der Waals surface area contributed by atoms with E-state index in [1.165, 1.54) is 19.3 Å². The van der Waals surface area contributed by atoms with Crippen molar-refractivity contribution in [2.24, 2.45) is 5.92 Å². The molecule has 3 aliphatic rings. The Balaban J connectivity index is 1.41. The van der Waals surface area contributed by atoms with Gasteiger partial charge in [0, 0.05) is 44.3 Å². The number of nitrogens with zero attached hydrogens (tertiary/aromatic N) is 1. The van der Waals surface area contributed by atoms with Crippen LogP contribution in [0.5, 0.6) is 0 Å². The summed E-state index contributed by atoms with van der Waals surface area (Å²) in [6.07, 6.45) is 12.5. The van der Waals surface area contributed by atoms with E-state index in [9.17, 15) is 4.79 Å². The van der Waals surface area contributed by atoms with Crippen molar-refractivity contribution in [3.8, 4) is 0 Å². The molecule has 0 aromatic carbocycles. The smallest absolute Gasteiger partial charge is 0.223 e. The van der Waals surface area contributed by atoms with Crippen LogP contribution < -0.4 is 5.32 Å². The van der Waals surface area contributed by atoms with Gasteiger partial charge in [-0.05, 0) is 44.9 Å². The summed E-state index contributed by atoms with van der Waals surface area (Å²) in [6.45, 7) is 3.72. The number of carbonyl (C=O) groups excluding carboxylic acids is 1. The van der Waals surface area contributed by atoms with Gasteiger partial charge in [-0.2, -0.15) is 0 Å². The van der Waals surface area contributed by atoms with Crippen molar-refractivity contribution < 1.29 is 9.53 Å². The lowest BCUT2D eigenvalue weighted by Gasteiger charge is -2.38. The maximum atomic E-state index is 12.3. The number of likely N-dealkylation sites (tertiary alicyclic amines) is 1. The van der Waals surface area contributed by atoms with Gasteiger partial charge >= 0.3 is 0 Å². The summed E-state index contributed by atoms with van der Waals surface area (Å²) in [4.78, 5) is 14.8. The van der Waals surface area contributed by atoms with Gasteiger partial charge in [-0.3, -0.25) is 9.69 Å². The van der Waals surface area contributed by atoms with Gasteiger partial charge in [0.2, 0.25) is 5.91 Å². The van der Waals surface area contributed by atoms with Crippen LogP contribution in [0.4, 0.5) is 0 Å². The molecular weight excluding hydrogens is 264 g/mol. The average molecular weight is 292 g/mol. The molecule has 0 bridgehead atoms. The second-order valence-electron chi connectivity index (χ2n) is 6.63. The molecule has 1 unspecified atom stereocenters. The van der Waals surface area contributed by atoms with Crippen molar-refractivity contribution in [2.75, 3.05) is 26.3 Å². The Morgan fingerprint density at radius 3 is 2.52 bits per heavy atom. The van der Waals surface area contributed by atoms with E-state index in [1.54, 1.807) is 0 Å². The Morgan fingerprint density at radius 2 is 1.86 bits per heavy atom. The number of hydrogen-bond donors (Lipinski definition) is 1. The van der Waals surface area contributed by atoms with Crippen LogP contribution in [0.2, 0.25) is 0 Å². The predicted molar refractivity (Wildman–Crippen MR) is 83.1 cm³/mol. The highest BCUT2D eigenvalue weighted by Crippen LogP contribution is 2.22. The third-order valence-electron chi connectivity index (χ3n) is 5.17. The zero-order valence-electron chi connectivity index (χ0n) is 12.9. The molecule has 0 aromatic rings. The van der Waals surface area contributed by atoms with Gasteiger partial charge in [0.05, 0.1) is 0 Å². The zero-order chi connectivity index (χ0) is 14.5. The van der Waals surface area contributed by atoms with Crippen molar-refractivity contribution in [3.63, 3.8) is 0 Å². The Bertz CT molecular complexity index is 369. The Hall–Kier alpha value is -0.870. The van der Waals surface area contributed by atoms with Crippen LogP contribution in [0.3, 0.4) is 0 Å². The highest BCUT2D eigenvalue weighted by atomic mass is 16.5. The summed E-state index contributed by atoms with van der Waals surface area (Å²) in [5, 5.41) is 3.27. The van der Waals surface area contributed by atoms with Crippen LogP contribution in [0.1, 0.15) is 44.9 Å². The molecule has 1 amide bonds. The van der Waals surface area contributed by atoms with Crippen LogP contribution in [0, 0.1) is 5.92 Å². The van der Waals surface area contributed by atoms with E-state index in [0.717, 1.165) is 52.0 Å². The first-order valence-electron chi connectivity index (χ1n) is 8.62. The van der Waals surface area contributed by atoms with E-state index in [2.05, 4.69) is 22.4 Å². The van der Waals surface area contributed by atoms with Gasteiger partial charge in [-0.25, -0.2) is 0 Å². The van der Waals surface area contributed by atoms with Gasteiger partial charge < -0.3 is 10.1 Å². The standard InChI is InChI=1S/C17H28N2O2/c20-17(14-8-12-21-13-9-14)18-15-6-10-19(11-7-15)16-4-2-1-3-5-16/h2,4,14-16H,1,3,5-13H2,(H,18,20). The first-order chi connectivity index (χ1) is 10.3. The van der Waals surface area contributed by atoms with Gasteiger partial charge in [0.15, 0.2) is 0 Å². The van der Waals surface area contributed by atoms with Crippen LogP contribution in [-0.2, 0) is 9.53 Å². The van der Waals surface area contributed by atoms with Crippen molar-refractivity contribution >= 4 is 5.91 Å². The van der Waals surface area contributed by atoms with Gasteiger partial charge in [-0.1, -0.05) is 12.2 Å². The minimum atomic E-state index is 0.179. The number of piperidine rings is 1. The van der Waals surface area contributed by atoms with E-state index >= 15 is 0 Å². The Kier molecular flexibility index (Phi) is 5.31. The molecule has 1 aliphatic carbocycles.